The number of carbonyl (C=O) groups excluding carboxylic acids is 1. The second-order valence-electron chi connectivity index (χ2n) is 7.50. The van der Waals surface area contributed by atoms with E-state index in [4.69, 9.17) is 4.74 Å². The van der Waals surface area contributed by atoms with Gasteiger partial charge in [-0.05, 0) is 35.8 Å². The smallest absolute Gasteiger partial charge is 0.227 e. The lowest BCUT2D eigenvalue weighted by Crippen LogP contribution is -2.36. The number of thioether (sulfide) groups is 1. The highest BCUT2D eigenvalue weighted by molar-refractivity contribution is 7.98. The molecule has 6 nitrogen and oxygen atoms in total. The summed E-state index contributed by atoms with van der Waals surface area (Å²) in [5, 5.41) is 8.68. The van der Waals surface area contributed by atoms with Crippen molar-refractivity contribution in [2.75, 3.05) is 18.7 Å². The Hall–Kier alpha value is -2.28. The van der Waals surface area contributed by atoms with Gasteiger partial charge in [-0.3, -0.25) is 4.79 Å². The van der Waals surface area contributed by atoms with Gasteiger partial charge >= 0.3 is 0 Å². The second-order valence-corrected chi connectivity index (χ2v) is 8.28. The zero-order chi connectivity index (χ0) is 18.5. The van der Waals surface area contributed by atoms with Gasteiger partial charge in [0.25, 0.3) is 0 Å². The number of nitrogens with one attached hydrogen (secondary N) is 1. The molecule has 1 aliphatic carbocycles. The molecule has 0 bridgehead atoms. The Morgan fingerprint density at radius 1 is 1.35 bits per heavy atom. The van der Waals surface area contributed by atoms with Gasteiger partial charge in [-0.2, -0.15) is 4.98 Å². The summed E-state index contributed by atoms with van der Waals surface area (Å²) in [7, 11) is 1.65. The van der Waals surface area contributed by atoms with E-state index >= 15 is 0 Å². The zero-order valence-electron chi connectivity index (χ0n) is 15.4. The number of ketones is 1. The quantitative estimate of drug-likeness (QED) is 0.832. The third kappa shape index (κ3) is 2.80. The van der Waals surface area contributed by atoms with Crippen LogP contribution in [0, 0.1) is 5.41 Å². The van der Waals surface area contributed by atoms with E-state index < -0.39 is 0 Å². The minimum absolute atomic E-state index is 0.0631. The molecule has 1 aromatic carbocycles. The third-order valence-corrected chi connectivity index (χ3v) is 5.44. The Bertz CT molecular complexity index is 916. The zero-order valence-corrected chi connectivity index (χ0v) is 16.2. The molecular formula is C19H22N4O2S. The number of rotatable bonds is 3. The van der Waals surface area contributed by atoms with Crippen LogP contribution in [0.1, 0.15) is 38.3 Å². The Labute approximate surface area is 157 Å². The first-order valence-corrected chi connectivity index (χ1v) is 9.82. The Balaban J connectivity index is 1.91. The van der Waals surface area contributed by atoms with Crippen molar-refractivity contribution < 1.29 is 9.53 Å². The second kappa shape index (κ2) is 6.16. The fraction of sp³-hybridized carbons (Fsp3) is 0.421. The van der Waals surface area contributed by atoms with E-state index in [1.54, 1.807) is 7.11 Å². The van der Waals surface area contributed by atoms with Gasteiger partial charge in [0.15, 0.2) is 5.78 Å². The summed E-state index contributed by atoms with van der Waals surface area (Å²) >= 11 is 1.49. The van der Waals surface area contributed by atoms with Gasteiger partial charge in [0, 0.05) is 17.7 Å². The third-order valence-electron chi connectivity index (χ3n) is 4.90. The summed E-state index contributed by atoms with van der Waals surface area (Å²) < 4.78 is 7.22. The Morgan fingerprint density at radius 2 is 2.15 bits per heavy atom. The summed E-state index contributed by atoms with van der Waals surface area (Å²) in [4.78, 5) is 17.7. The molecule has 0 radical (unpaired) electrons. The van der Waals surface area contributed by atoms with Crippen molar-refractivity contribution in [2.45, 2.75) is 37.9 Å². The highest BCUT2D eigenvalue weighted by atomic mass is 32.2. The number of hydrogen-bond donors (Lipinski definition) is 1. The molecule has 2 aliphatic rings. The SMILES string of the molecule is COc1cccc([C@H]2C3=C(CC(C)(C)CC3=O)Nc3nc(SC)nn32)c1. The van der Waals surface area contributed by atoms with E-state index in [1.807, 2.05) is 35.2 Å². The number of Topliss-reactive ketones (excluding diaryl/α,β-unsaturated/α-hetero) is 1. The topological polar surface area (TPSA) is 69.0 Å². The molecule has 2 aromatic rings. The van der Waals surface area contributed by atoms with Crippen molar-refractivity contribution in [2.24, 2.45) is 5.41 Å². The molecule has 136 valence electrons. The highest BCUT2D eigenvalue weighted by Gasteiger charge is 2.41. The number of fused-ring (bicyclic) bond motifs is 1. The summed E-state index contributed by atoms with van der Waals surface area (Å²) in [6.07, 6.45) is 3.30. The van der Waals surface area contributed by atoms with Crippen molar-refractivity contribution in [1.82, 2.24) is 14.8 Å². The van der Waals surface area contributed by atoms with E-state index in [0.29, 0.717) is 17.5 Å². The van der Waals surface area contributed by atoms with Crippen LogP contribution in [0.2, 0.25) is 0 Å². The molecule has 26 heavy (non-hydrogen) atoms. The maximum absolute atomic E-state index is 13.1. The standard InChI is InChI=1S/C19H22N4O2S/c1-19(2)9-13-15(14(24)10-19)16(11-6-5-7-12(8-11)25-3)23-17(20-13)21-18(22-23)26-4/h5-8,16H,9-10H2,1-4H3,(H,20,21,22)/t16-/m0/s1. The number of anilines is 1. The van der Waals surface area contributed by atoms with Gasteiger partial charge in [0.1, 0.15) is 11.8 Å². The van der Waals surface area contributed by atoms with Crippen molar-refractivity contribution in [1.29, 1.82) is 0 Å². The van der Waals surface area contributed by atoms with E-state index in [-0.39, 0.29) is 17.2 Å². The fourth-order valence-electron chi connectivity index (χ4n) is 3.80. The number of nitrogens with zero attached hydrogens (tertiary/aromatic N) is 3. The van der Waals surface area contributed by atoms with Crippen LogP contribution >= 0.6 is 11.8 Å². The van der Waals surface area contributed by atoms with Crippen molar-refractivity contribution in [3.63, 3.8) is 0 Å². The number of aromatic nitrogens is 3. The predicted molar refractivity (Wildman–Crippen MR) is 102 cm³/mol. The number of hydrogen-bond acceptors (Lipinski definition) is 6. The molecule has 1 atom stereocenters. The van der Waals surface area contributed by atoms with Gasteiger partial charge < -0.3 is 10.1 Å². The van der Waals surface area contributed by atoms with Crippen molar-refractivity contribution in [3.05, 3.63) is 41.1 Å². The summed E-state index contributed by atoms with van der Waals surface area (Å²) in [5.74, 6) is 1.62. The lowest BCUT2D eigenvalue weighted by atomic mass is 9.73. The largest absolute Gasteiger partial charge is 0.497 e. The molecule has 0 saturated carbocycles. The summed E-state index contributed by atoms with van der Waals surface area (Å²) in [6, 6.07) is 7.55. The first-order valence-electron chi connectivity index (χ1n) is 8.59. The molecule has 1 aliphatic heterocycles. The highest BCUT2D eigenvalue weighted by Crippen LogP contribution is 2.45. The first-order chi connectivity index (χ1) is 12.4. The van der Waals surface area contributed by atoms with Crippen LogP contribution in [-0.4, -0.2) is 33.9 Å². The monoisotopic (exact) mass is 370 g/mol. The molecular weight excluding hydrogens is 348 g/mol. The molecule has 0 fully saturated rings. The molecule has 4 rings (SSSR count). The minimum Gasteiger partial charge on any atom is -0.497 e. The normalized spacial score (nSPS) is 21.1. The molecule has 0 spiro atoms. The fourth-order valence-corrected chi connectivity index (χ4v) is 4.14. The van der Waals surface area contributed by atoms with Crippen LogP contribution in [0.15, 0.2) is 40.7 Å². The molecule has 2 heterocycles. The van der Waals surface area contributed by atoms with Crippen LogP contribution in [0.25, 0.3) is 0 Å². The molecule has 0 saturated heterocycles. The maximum Gasteiger partial charge on any atom is 0.227 e. The van der Waals surface area contributed by atoms with Crippen LogP contribution in [0.4, 0.5) is 5.95 Å². The van der Waals surface area contributed by atoms with Gasteiger partial charge in [0.05, 0.1) is 7.11 Å². The van der Waals surface area contributed by atoms with E-state index in [2.05, 4.69) is 29.2 Å². The van der Waals surface area contributed by atoms with Gasteiger partial charge in [-0.25, -0.2) is 4.68 Å². The minimum atomic E-state index is -0.284. The van der Waals surface area contributed by atoms with Crippen LogP contribution in [0.5, 0.6) is 5.75 Å². The lowest BCUT2D eigenvalue weighted by molar-refractivity contribution is -0.118. The molecule has 1 aromatic heterocycles. The van der Waals surface area contributed by atoms with Gasteiger partial charge in [-0.1, -0.05) is 37.7 Å². The first kappa shape index (κ1) is 17.1. The van der Waals surface area contributed by atoms with Crippen LogP contribution in [-0.2, 0) is 4.79 Å². The van der Waals surface area contributed by atoms with Gasteiger partial charge in [-0.15, -0.1) is 5.10 Å². The van der Waals surface area contributed by atoms with Crippen LogP contribution in [0.3, 0.4) is 0 Å². The van der Waals surface area contributed by atoms with Crippen LogP contribution < -0.4 is 10.1 Å². The molecule has 0 amide bonds. The number of carbonyl (C=O) groups is 1. The van der Waals surface area contributed by atoms with Crippen molar-refractivity contribution in [3.8, 4) is 5.75 Å². The Morgan fingerprint density at radius 3 is 2.88 bits per heavy atom. The molecule has 1 N–H and O–H groups in total. The average molecular weight is 370 g/mol. The molecule has 7 heteroatoms. The van der Waals surface area contributed by atoms with E-state index in [0.717, 1.165) is 29.0 Å². The Kier molecular flexibility index (Phi) is 4.06. The number of allylic oxidation sites excluding steroid dienone is 2. The maximum atomic E-state index is 13.1. The van der Waals surface area contributed by atoms with E-state index in [9.17, 15) is 4.79 Å². The summed E-state index contributed by atoms with van der Waals surface area (Å²) in [6.45, 7) is 4.26. The average Bonchev–Trinajstić information content (AvgIpc) is 3.01. The predicted octanol–water partition coefficient (Wildman–Crippen LogP) is 3.67. The number of ether oxygens (including phenoxy) is 1. The lowest BCUT2D eigenvalue weighted by Gasteiger charge is -2.38. The molecule has 0 unspecified atom stereocenters. The number of methoxy groups -OCH3 is 1. The van der Waals surface area contributed by atoms with E-state index in [1.165, 1.54) is 11.8 Å². The summed E-state index contributed by atoms with van der Waals surface area (Å²) in [5.41, 5.74) is 2.67. The van der Waals surface area contributed by atoms with Gasteiger partial charge in [0.2, 0.25) is 11.1 Å². The number of benzene rings is 1. The van der Waals surface area contributed by atoms with Crippen molar-refractivity contribution >= 4 is 23.5 Å².